The molecular weight excluding hydrogens is 356 g/mol. The molecule has 2 N–H and O–H groups in total. The molecule has 140 valence electrons. The number of benzene rings is 2. The van der Waals surface area contributed by atoms with Gasteiger partial charge in [-0.1, -0.05) is 36.4 Å². The van der Waals surface area contributed by atoms with Crippen molar-refractivity contribution in [3.8, 4) is 5.69 Å². The Morgan fingerprint density at radius 1 is 1.07 bits per heavy atom. The quantitative estimate of drug-likeness (QED) is 0.394. The number of nitro benzene ring substituents is 1. The van der Waals surface area contributed by atoms with Crippen LogP contribution in [-0.2, 0) is 6.54 Å². The van der Waals surface area contributed by atoms with Gasteiger partial charge in [-0.2, -0.15) is 5.10 Å². The van der Waals surface area contributed by atoms with Gasteiger partial charge in [-0.05, 0) is 25.1 Å². The van der Waals surface area contributed by atoms with Crippen molar-refractivity contribution in [2.75, 3.05) is 5.43 Å². The van der Waals surface area contributed by atoms with Gasteiger partial charge in [0.15, 0.2) is 5.65 Å². The van der Waals surface area contributed by atoms with Gasteiger partial charge >= 0.3 is 0 Å². The molecule has 8 nitrogen and oxygen atoms in total. The Morgan fingerprint density at radius 3 is 2.61 bits per heavy atom. The summed E-state index contributed by atoms with van der Waals surface area (Å²) in [7, 11) is 0. The summed E-state index contributed by atoms with van der Waals surface area (Å²) in [5.41, 5.74) is 10.2. The summed E-state index contributed by atoms with van der Waals surface area (Å²) < 4.78 is 1.80. The number of aryl methyl sites for hydroxylation is 1. The third-order valence-corrected chi connectivity index (χ3v) is 4.43. The van der Waals surface area contributed by atoms with Crippen molar-refractivity contribution >= 4 is 22.4 Å². The standard InChI is InChI=1S/C20H18N6O2/c1-14-19-17(23-22-13-15-7-5-6-10-18(15)26(27)28)11-12-21-20(19)25(24-14)16-8-3-2-4-9-16/h2-12,22H,13H2,1H3,(H,21,23). The monoisotopic (exact) mass is 374 g/mol. The summed E-state index contributed by atoms with van der Waals surface area (Å²) >= 11 is 0. The van der Waals surface area contributed by atoms with Crippen LogP contribution in [0.15, 0.2) is 66.9 Å². The minimum Gasteiger partial charge on any atom is -0.320 e. The van der Waals surface area contributed by atoms with Crippen molar-refractivity contribution < 1.29 is 4.92 Å². The van der Waals surface area contributed by atoms with E-state index in [1.165, 1.54) is 6.07 Å². The third-order valence-electron chi connectivity index (χ3n) is 4.43. The molecule has 0 radical (unpaired) electrons. The van der Waals surface area contributed by atoms with Crippen LogP contribution in [0.1, 0.15) is 11.3 Å². The number of fused-ring (bicyclic) bond motifs is 1. The number of pyridine rings is 1. The van der Waals surface area contributed by atoms with Crippen molar-refractivity contribution in [3.05, 3.63) is 88.2 Å². The fourth-order valence-corrected chi connectivity index (χ4v) is 3.14. The van der Waals surface area contributed by atoms with E-state index >= 15 is 0 Å². The fraction of sp³-hybridized carbons (Fsp3) is 0.100. The number of aromatic nitrogens is 3. The molecule has 0 unspecified atom stereocenters. The second-order valence-electron chi connectivity index (χ2n) is 6.25. The summed E-state index contributed by atoms with van der Waals surface area (Å²) in [5, 5.41) is 16.7. The molecule has 0 saturated carbocycles. The molecular formula is C20H18N6O2. The average molecular weight is 374 g/mol. The van der Waals surface area contributed by atoms with E-state index in [4.69, 9.17) is 0 Å². The topological polar surface area (TPSA) is 97.9 Å². The van der Waals surface area contributed by atoms with Crippen LogP contribution in [0.3, 0.4) is 0 Å². The molecule has 0 atom stereocenters. The molecule has 4 rings (SSSR count). The second-order valence-corrected chi connectivity index (χ2v) is 6.25. The van der Waals surface area contributed by atoms with Crippen LogP contribution >= 0.6 is 0 Å². The Balaban J connectivity index is 1.60. The molecule has 8 heteroatoms. The van der Waals surface area contributed by atoms with E-state index in [1.807, 2.05) is 43.3 Å². The lowest BCUT2D eigenvalue weighted by Crippen LogP contribution is -2.21. The Morgan fingerprint density at radius 2 is 1.82 bits per heavy atom. The Hall–Kier alpha value is -3.78. The first-order valence-electron chi connectivity index (χ1n) is 8.76. The molecule has 2 heterocycles. The van der Waals surface area contributed by atoms with Gasteiger partial charge < -0.3 is 5.43 Å². The summed E-state index contributed by atoms with van der Waals surface area (Å²) in [4.78, 5) is 15.3. The Labute approximate surface area is 161 Å². The van der Waals surface area contributed by atoms with Gasteiger partial charge in [0.1, 0.15) is 0 Å². The van der Waals surface area contributed by atoms with Crippen LogP contribution in [0.4, 0.5) is 11.4 Å². The lowest BCUT2D eigenvalue weighted by molar-refractivity contribution is -0.385. The minimum absolute atomic E-state index is 0.0877. The van der Waals surface area contributed by atoms with E-state index in [0.717, 1.165) is 28.1 Å². The number of para-hydroxylation sites is 2. The van der Waals surface area contributed by atoms with Crippen molar-refractivity contribution in [1.82, 2.24) is 20.2 Å². The maximum absolute atomic E-state index is 11.1. The fourth-order valence-electron chi connectivity index (χ4n) is 3.14. The van der Waals surface area contributed by atoms with Gasteiger partial charge in [0.25, 0.3) is 5.69 Å². The third kappa shape index (κ3) is 3.28. The van der Waals surface area contributed by atoms with Gasteiger partial charge in [0.05, 0.1) is 27.4 Å². The highest BCUT2D eigenvalue weighted by atomic mass is 16.6. The van der Waals surface area contributed by atoms with Gasteiger partial charge in [0.2, 0.25) is 0 Å². The molecule has 0 bridgehead atoms. The number of hydrazine groups is 1. The average Bonchev–Trinajstić information content (AvgIpc) is 3.06. The first-order chi connectivity index (χ1) is 13.6. The predicted molar refractivity (Wildman–Crippen MR) is 107 cm³/mol. The van der Waals surface area contributed by atoms with Gasteiger partial charge in [0, 0.05) is 24.4 Å². The number of hydrogen-bond acceptors (Lipinski definition) is 6. The molecule has 0 aliphatic rings. The van der Waals surface area contributed by atoms with Crippen LogP contribution in [-0.4, -0.2) is 19.7 Å². The normalized spacial score (nSPS) is 10.9. The zero-order valence-corrected chi connectivity index (χ0v) is 15.2. The zero-order valence-electron chi connectivity index (χ0n) is 15.2. The molecule has 0 aliphatic heterocycles. The highest BCUT2D eigenvalue weighted by Gasteiger charge is 2.15. The number of rotatable bonds is 6. The van der Waals surface area contributed by atoms with Crippen LogP contribution in [0, 0.1) is 17.0 Å². The maximum Gasteiger partial charge on any atom is 0.273 e. The second kappa shape index (κ2) is 7.45. The molecule has 0 saturated heterocycles. The SMILES string of the molecule is Cc1nn(-c2ccccc2)c2nccc(NNCc3ccccc3[N+](=O)[O-])c12. The van der Waals surface area contributed by atoms with E-state index < -0.39 is 0 Å². The maximum atomic E-state index is 11.1. The molecule has 0 aliphatic carbocycles. The summed E-state index contributed by atoms with van der Waals surface area (Å²) in [6.07, 6.45) is 1.71. The number of nitro groups is 1. The Kier molecular flexibility index (Phi) is 4.69. The van der Waals surface area contributed by atoms with Crippen molar-refractivity contribution in [2.45, 2.75) is 13.5 Å². The number of nitrogens with one attached hydrogen (secondary N) is 2. The van der Waals surface area contributed by atoms with Crippen LogP contribution in [0.25, 0.3) is 16.7 Å². The number of nitrogens with zero attached hydrogens (tertiary/aromatic N) is 4. The molecule has 0 spiro atoms. The summed E-state index contributed by atoms with van der Waals surface area (Å²) in [6.45, 7) is 2.23. The smallest absolute Gasteiger partial charge is 0.273 e. The lowest BCUT2D eigenvalue weighted by Gasteiger charge is -2.10. The van der Waals surface area contributed by atoms with Crippen molar-refractivity contribution in [2.24, 2.45) is 0 Å². The minimum atomic E-state index is -0.379. The van der Waals surface area contributed by atoms with E-state index in [1.54, 1.807) is 29.1 Å². The molecule has 28 heavy (non-hydrogen) atoms. The molecule has 4 aromatic rings. The number of hydrogen-bond donors (Lipinski definition) is 2. The highest BCUT2D eigenvalue weighted by Crippen LogP contribution is 2.26. The van der Waals surface area contributed by atoms with Gasteiger partial charge in [-0.15, -0.1) is 0 Å². The first kappa shape index (κ1) is 17.6. The largest absolute Gasteiger partial charge is 0.320 e. The van der Waals surface area contributed by atoms with E-state index in [9.17, 15) is 10.1 Å². The van der Waals surface area contributed by atoms with Crippen molar-refractivity contribution in [1.29, 1.82) is 0 Å². The van der Waals surface area contributed by atoms with E-state index in [2.05, 4.69) is 20.9 Å². The lowest BCUT2D eigenvalue weighted by atomic mass is 10.2. The van der Waals surface area contributed by atoms with E-state index in [0.29, 0.717) is 12.1 Å². The van der Waals surface area contributed by atoms with E-state index in [-0.39, 0.29) is 10.6 Å². The molecule has 0 fully saturated rings. The molecule has 0 amide bonds. The Bertz CT molecular complexity index is 1140. The van der Waals surface area contributed by atoms with Gasteiger partial charge in [-0.3, -0.25) is 10.1 Å². The van der Waals surface area contributed by atoms with Gasteiger partial charge in [-0.25, -0.2) is 15.1 Å². The molecule has 2 aromatic heterocycles. The summed E-state index contributed by atoms with van der Waals surface area (Å²) in [6, 6.07) is 18.3. The van der Waals surface area contributed by atoms with Crippen LogP contribution < -0.4 is 10.9 Å². The van der Waals surface area contributed by atoms with Crippen molar-refractivity contribution in [3.63, 3.8) is 0 Å². The zero-order chi connectivity index (χ0) is 19.5. The first-order valence-corrected chi connectivity index (χ1v) is 8.76. The van der Waals surface area contributed by atoms with Crippen LogP contribution in [0.2, 0.25) is 0 Å². The highest BCUT2D eigenvalue weighted by molar-refractivity contribution is 5.92. The summed E-state index contributed by atoms with van der Waals surface area (Å²) in [5.74, 6) is 0. The predicted octanol–water partition coefficient (Wildman–Crippen LogP) is 3.75. The molecule has 2 aromatic carbocycles. The number of anilines is 1. The van der Waals surface area contributed by atoms with Crippen LogP contribution in [0.5, 0.6) is 0 Å².